The smallest absolute Gasteiger partial charge is 0.211 e. The molecule has 5 heteroatoms. The van der Waals surface area contributed by atoms with Gasteiger partial charge in [0.15, 0.2) is 0 Å². The number of carbonyl (C=O) groups is 1. The van der Waals surface area contributed by atoms with Gasteiger partial charge in [-0.05, 0) is 6.07 Å². The standard InChI is InChI=1S/C6H8N4O/c7-4-1-2-9-6(8)5(4)10-3-11/h1-3H,(H,10,11)(H4,7,8,9). The zero-order chi connectivity index (χ0) is 8.27. The molecule has 0 atom stereocenters. The van der Waals surface area contributed by atoms with Crippen LogP contribution < -0.4 is 16.8 Å². The van der Waals surface area contributed by atoms with Gasteiger partial charge in [0.25, 0.3) is 0 Å². The van der Waals surface area contributed by atoms with Gasteiger partial charge in [-0.1, -0.05) is 0 Å². The third-order valence-electron chi connectivity index (χ3n) is 1.22. The van der Waals surface area contributed by atoms with Gasteiger partial charge in [0.2, 0.25) is 6.41 Å². The summed E-state index contributed by atoms with van der Waals surface area (Å²) in [7, 11) is 0. The Balaban J connectivity index is 3.09. The van der Waals surface area contributed by atoms with E-state index in [1.54, 1.807) is 6.07 Å². The third kappa shape index (κ3) is 1.37. The van der Waals surface area contributed by atoms with E-state index in [4.69, 9.17) is 11.5 Å². The molecule has 0 aliphatic rings. The molecule has 0 spiro atoms. The molecule has 0 aliphatic carbocycles. The maximum atomic E-state index is 10.0. The van der Waals surface area contributed by atoms with Crippen molar-refractivity contribution >= 4 is 23.6 Å². The molecular weight excluding hydrogens is 144 g/mol. The van der Waals surface area contributed by atoms with Crippen LogP contribution in [0.3, 0.4) is 0 Å². The molecule has 1 aromatic rings. The molecule has 0 fully saturated rings. The average molecular weight is 152 g/mol. The maximum Gasteiger partial charge on any atom is 0.211 e. The molecule has 1 amide bonds. The number of nitrogens with two attached hydrogens (primary N) is 2. The van der Waals surface area contributed by atoms with Crippen LogP contribution in [0.5, 0.6) is 0 Å². The second-order valence-corrected chi connectivity index (χ2v) is 1.92. The zero-order valence-corrected chi connectivity index (χ0v) is 5.74. The van der Waals surface area contributed by atoms with E-state index in [1.807, 2.05) is 0 Å². The first-order valence-corrected chi connectivity index (χ1v) is 2.96. The van der Waals surface area contributed by atoms with Crippen LogP contribution in [0.15, 0.2) is 12.3 Å². The van der Waals surface area contributed by atoms with Crippen molar-refractivity contribution in [1.82, 2.24) is 4.98 Å². The van der Waals surface area contributed by atoms with E-state index >= 15 is 0 Å². The molecule has 1 rings (SSSR count). The number of pyridine rings is 1. The summed E-state index contributed by atoms with van der Waals surface area (Å²) >= 11 is 0. The van der Waals surface area contributed by atoms with E-state index in [2.05, 4.69) is 10.3 Å². The number of aromatic nitrogens is 1. The Morgan fingerprint density at radius 2 is 2.27 bits per heavy atom. The van der Waals surface area contributed by atoms with Crippen molar-refractivity contribution in [2.45, 2.75) is 0 Å². The van der Waals surface area contributed by atoms with Crippen LogP contribution in [0.2, 0.25) is 0 Å². The summed E-state index contributed by atoms with van der Waals surface area (Å²) in [6.07, 6.45) is 1.98. The second kappa shape index (κ2) is 2.87. The minimum Gasteiger partial charge on any atom is -0.397 e. The molecule has 1 aromatic heterocycles. The Bertz CT molecular complexity index is 253. The zero-order valence-electron chi connectivity index (χ0n) is 5.74. The first-order valence-electron chi connectivity index (χ1n) is 2.96. The Labute approximate surface area is 63.4 Å². The number of nitrogens with zero attached hydrogens (tertiary/aromatic N) is 1. The van der Waals surface area contributed by atoms with Gasteiger partial charge in [-0.15, -0.1) is 0 Å². The molecule has 0 aliphatic heterocycles. The van der Waals surface area contributed by atoms with Gasteiger partial charge in [0, 0.05) is 6.20 Å². The van der Waals surface area contributed by atoms with Crippen molar-refractivity contribution in [2.75, 3.05) is 16.8 Å². The third-order valence-corrected chi connectivity index (χ3v) is 1.22. The maximum absolute atomic E-state index is 10.0. The lowest BCUT2D eigenvalue weighted by molar-refractivity contribution is -0.105. The molecule has 58 valence electrons. The molecule has 0 unspecified atom stereocenters. The fourth-order valence-electron chi connectivity index (χ4n) is 0.710. The summed E-state index contributed by atoms with van der Waals surface area (Å²) in [5.74, 6) is 0.220. The number of carbonyl (C=O) groups excluding carboxylic acids is 1. The van der Waals surface area contributed by atoms with Crippen LogP contribution in [0.4, 0.5) is 17.2 Å². The van der Waals surface area contributed by atoms with Crippen molar-refractivity contribution in [3.8, 4) is 0 Å². The van der Waals surface area contributed by atoms with Gasteiger partial charge in [-0.25, -0.2) is 4.98 Å². The molecule has 5 nitrogen and oxygen atoms in total. The van der Waals surface area contributed by atoms with Crippen LogP contribution in [0, 0.1) is 0 Å². The molecule has 0 saturated heterocycles. The number of nitrogens with one attached hydrogen (secondary N) is 1. The minimum absolute atomic E-state index is 0.220. The van der Waals surface area contributed by atoms with Gasteiger partial charge in [-0.3, -0.25) is 4.79 Å². The Morgan fingerprint density at radius 1 is 1.55 bits per heavy atom. The van der Waals surface area contributed by atoms with E-state index in [9.17, 15) is 4.79 Å². The lowest BCUT2D eigenvalue weighted by Crippen LogP contribution is -2.04. The van der Waals surface area contributed by atoms with Crippen LogP contribution in [0.25, 0.3) is 0 Å². The number of amides is 1. The monoisotopic (exact) mass is 152 g/mol. The van der Waals surface area contributed by atoms with Crippen molar-refractivity contribution in [3.05, 3.63) is 12.3 Å². The average Bonchev–Trinajstić information content (AvgIpc) is 1.97. The summed E-state index contributed by atoms with van der Waals surface area (Å²) < 4.78 is 0. The SMILES string of the molecule is Nc1ccnc(N)c1NC=O. The van der Waals surface area contributed by atoms with Crippen LogP contribution in [-0.2, 0) is 4.79 Å². The van der Waals surface area contributed by atoms with Crippen molar-refractivity contribution in [1.29, 1.82) is 0 Å². The first kappa shape index (κ1) is 7.33. The predicted octanol–water partition coefficient (Wildman–Crippen LogP) is -0.186. The Hall–Kier alpha value is -1.78. The highest BCUT2D eigenvalue weighted by Crippen LogP contribution is 2.21. The summed E-state index contributed by atoms with van der Waals surface area (Å²) in [4.78, 5) is 13.8. The number of anilines is 3. The molecule has 5 N–H and O–H groups in total. The summed E-state index contributed by atoms with van der Waals surface area (Å²) in [5.41, 5.74) is 11.6. The second-order valence-electron chi connectivity index (χ2n) is 1.92. The normalized spacial score (nSPS) is 9.09. The van der Waals surface area contributed by atoms with Gasteiger partial charge >= 0.3 is 0 Å². The fraction of sp³-hybridized carbons (Fsp3) is 0. The van der Waals surface area contributed by atoms with Crippen molar-refractivity contribution in [2.24, 2.45) is 0 Å². The largest absolute Gasteiger partial charge is 0.397 e. The number of rotatable bonds is 2. The molecule has 1 heterocycles. The number of nitrogen functional groups attached to an aromatic ring is 2. The van der Waals surface area contributed by atoms with Gasteiger partial charge in [0.1, 0.15) is 11.5 Å². The van der Waals surface area contributed by atoms with Crippen molar-refractivity contribution in [3.63, 3.8) is 0 Å². The summed E-state index contributed by atoms with van der Waals surface area (Å²) in [6.45, 7) is 0. The highest BCUT2D eigenvalue weighted by molar-refractivity contribution is 5.86. The topological polar surface area (TPSA) is 94.0 Å². The van der Waals surface area contributed by atoms with Crippen molar-refractivity contribution < 1.29 is 4.79 Å². The van der Waals surface area contributed by atoms with Crippen LogP contribution >= 0.6 is 0 Å². The summed E-state index contributed by atoms with van der Waals surface area (Å²) in [5, 5.41) is 2.35. The fourth-order valence-corrected chi connectivity index (χ4v) is 0.710. The number of hydrogen-bond acceptors (Lipinski definition) is 4. The molecule has 0 aromatic carbocycles. The Kier molecular flexibility index (Phi) is 1.91. The van der Waals surface area contributed by atoms with Crippen LogP contribution in [0.1, 0.15) is 0 Å². The van der Waals surface area contributed by atoms with Gasteiger partial charge in [0.05, 0.1) is 5.69 Å². The van der Waals surface area contributed by atoms with Gasteiger partial charge in [-0.2, -0.15) is 0 Å². The van der Waals surface area contributed by atoms with Crippen LogP contribution in [-0.4, -0.2) is 11.4 Å². The molecule has 0 bridgehead atoms. The van der Waals surface area contributed by atoms with Gasteiger partial charge < -0.3 is 16.8 Å². The molecule has 0 saturated carbocycles. The number of hydrogen-bond donors (Lipinski definition) is 3. The molecule has 11 heavy (non-hydrogen) atoms. The van der Waals surface area contributed by atoms with E-state index in [0.29, 0.717) is 17.8 Å². The lowest BCUT2D eigenvalue weighted by atomic mass is 10.3. The summed E-state index contributed by atoms with van der Waals surface area (Å²) in [6, 6.07) is 1.56. The molecule has 0 radical (unpaired) electrons. The Morgan fingerprint density at radius 3 is 2.82 bits per heavy atom. The van der Waals surface area contributed by atoms with E-state index in [1.165, 1.54) is 6.20 Å². The lowest BCUT2D eigenvalue weighted by Gasteiger charge is -2.04. The van der Waals surface area contributed by atoms with E-state index < -0.39 is 0 Å². The first-order chi connectivity index (χ1) is 5.25. The van der Waals surface area contributed by atoms with E-state index in [-0.39, 0.29) is 5.82 Å². The predicted molar refractivity (Wildman–Crippen MR) is 42.7 cm³/mol. The van der Waals surface area contributed by atoms with E-state index in [0.717, 1.165) is 0 Å². The molecular formula is C6H8N4O. The quantitative estimate of drug-likeness (QED) is 0.512. The highest BCUT2D eigenvalue weighted by atomic mass is 16.1. The highest BCUT2D eigenvalue weighted by Gasteiger charge is 2.01. The minimum atomic E-state index is 0.220.